The molecule has 4 nitrogen and oxygen atoms in total. The molecule has 2 N–H and O–H groups in total. The number of aromatic amines is 1. The van der Waals surface area contributed by atoms with Crippen LogP contribution in [0.5, 0.6) is 0 Å². The molecule has 1 aromatic heterocycles. The molecule has 0 radical (unpaired) electrons. The quantitative estimate of drug-likeness (QED) is 0.567. The number of para-hydroxylation sites is 1. The van der Waals surface area contributed by atoms with Crippen molar-refractivity contribution in [2.24, 2.45) is 4.99 Å². The molecule has 0 bridgehead atoms. The van der Waals surface area contributed by atoms with Crippen molar-refractivity contribution in [3.63, 3.8) is 0 Å². The van der Waals surface area contributed by atoms with Gasteiger partial charge in [-0.15, -0.1) is 0 Å². The highest BCUT2D eigenvalue weighted by molar-refractivity contribution is 5.82. The number of aromatic nitrogens is 1. The minimum atomic E-state index is 0.591. The third-order valence-corrected chi connectivity index (χ3v) is 4.99. The fraction of sp³-hybridized carbons (Fsp3) is 0.286. The van der Waals surface area contributed by atoms with Gasteiger partial charge >= 0.3 is 0 Å². The maximum absolute atomic E-state index is 4.48. The minimum Gasteiger partial charge on any atom is -0.357 e. The summed E-state index contributed by atoms with van der Waals surface area (Å²) in [5, 5.41) is 4.75. The summed E-state index contributed by atoms with van der Waals surface area (Å²) in [6.07, 6.45) is 1.18. The molecule has 2 aromatic carbocycles. The normalized spacial score (nSPS) is 18.0. The van der Waals surface area contributed by atoms with E-state index in [9.17, 15) is 0 Å². The first-order valence-corrected chi connectivity index (χ1v) is 8.90. The van der Waals surface area contributed by atoms with Gasteiger partial charge in [-0.2, -0.15) is 0 Å². The first-order valence-electron chi connectivity index (χ1n) is 8.90. The lowest BCUT2D eigenvalue weighted by atomic mass is 9.99. The monoisotopic (exact) mass is 332 g/mol. The van der Waals surface area contributed by atoms with Crippen LogP contribution in [0.2, 0.25) is 0 Å². The van der Waals surface area contributed by atoms with Crippen molar-refractivity contribution in [2.75, 3.05) is 20.1 Å². The van der Waals surface area contributed by atoms with Gasteiger partial charge in [-0.1, -0.05) is 48.5 Å². The van der Waals surface area contributed by atoms with E-state index in [0.717, 1.165) is 25.6 Å². The number of guanidine groups is 1. The van der Waals surface area contributed by atoms with Crippen molar-refractivity contribution in [2.45, 2.75) is 18.9 Å². The van der Waals surface area contributed by atoms with E-state index >= 15 is 0 Å². The number of H-pyrrole nitrogens is 1. The van der Waals surface area contributed by atoms with Crippen LogP contribution in [0.3, 0.4) is 0 Å². The average molecular weight is 332 g/mol. The molecule has 128 valence electrons. The van der Waals surface area contributed by atoms with E-state index in [1.807, 2.05) is 7.05 Å². The van der Waals surface area contributed by atoms with Crippen molar-refractivity contribution in [1.29, 1.82) is 0 Å². The molecule has 0 saturated carbocycles. The van der Waals surface area contributed by atoms with Crippen LogP contribution >= 0.6 is 0 Å². The van der Waals surface area contributed by atoms with Crippen LogP contribution in [0.4, 0.5) is 0 Å². The molecule has 1 saturated heterocycles. The Labute approximate surface area is 148 Å². The van der Waals surface area contributed by atoms with E-state index in [-0.39, 0.29) is 0 Å². The van der Waals surface area contributed by atoms with Crippen molar-refractivity contribution in [3.05, 3.63) is 71.9 Å². The summed E-state index contributed by atoms with van der Waals surface area (Å²) in [5.41, 5.74) is 3.79. The number of hydrogen-bond acceptors (Lipinski definition) is 1. The van der Waals surface area contributed by atoms with Gasteiger partial charge in [0, 0.05) is 37.3 Å². The Hall–Kier alpha value is -2.75. The molecular weight excluding hydrogens is 308 g/mol. The van der Waals surface area contributed by atoms with Crippen LogP contribution in [-0.4, -0.2) is 36.0 Å². The van der Waals surface area contributed by atoms with Crippen LogP contribution in [0.15, 0.2) is 65.7 Å². The van der Waals surface area contributed by atoms with Gasteiger partial charge in [-0.3, -0.25) is 4.99 Å². The topological polar surface area (TPSA) is 43.4 Å². The maximum Gasteiger partial charge on any atom is 0.193 e. The Morgan fingerprint density at radius 2 is 1.96 bits per heavy atom. The minimum absolute atomic E-state index is 0.591. The third kappa shape index (κ3) is 3.38. The summed E-state index contributed by atoms with van der Waals surface area (Å²) in [6.45, 7) is 2.83. The number of fused-ring (bicyclic) bond motifs is 1. The Balaban J connectivity index is 1.39. The number of aliphatic imine (C=N–C) groups is 1. The van der Waals surface area contributed by atoms with Gasteiger partial charge in [0.15, 0.2) is 5.96 Å². The van der Waals surface area contributed by atoms with Crippen LogP contribution in [0.25, 0.3) is 10.9 Å². The summed E-state index contributed by atoms with van der Waals surface area (Å²) in [6, 6.07) is 21.4. The van der Waals surface area contributed by atoms with Crippen LogP contribution < -0.4 is 5.32 Å². The van der Waals surface area contributed by atoms with Crippen molar-refractivity contribution >= 4 is 16.9 Å². The number of likely N-dealkylation sites (tertiary alicyclic amines) is 1. The van der Waals surface area contributed by atoms with Gasteiger partial charge in [0.2, 0.25) is 0 Å². The maximum atomic E-state index is 4.48. The van der Waals surface area contributed by atoms with Gasteiger partial charge < -0.3 is 15.2 Å². The van der Waals surface area contributed by atoms with Crippen LogP contribution in [0.1, 0.15) is 23.6 Å². The standard InChI is InChI=1S/C21H24N4/c1-22-21(23-14-19-13-17-9-5-6-10-20(17)24-19)25-12-11-18(15-25)16-7-3-2-4-8-16/h2-10,13,18,24H,11-12,14-15H2,1H3,(H,22,23). The van der Waals surface area contributed by atoms with Crippen molar-refractivity contribution < 1.29 is 0 Å². The predicted molar refractivity (Wildman–Crippen MR) is 104 cm³/mol. The molecule has 0 spiro atoms. The number of nitrogens with zero attached hydrogens (tertiary/aromatic N) is 2. The largest absolute Gasteiger partial charge is 0.357 e. The molecule has 0 aliphatic carbocycles. The molecule has 4 rings (SSSR count). The fourth-order valence-electron chi connectivity index (χ4n) is 3.69. The molecule has 1 atom stereocenters. The lowest BCUT2D eigenvalue weighted by molar-refractivity contribution is 0.485. The second-order valence-corrected chi connectivity index (χ2v) is 6.62. The first-order chi connectivity index (χ1) is 12.3. The summed E-state index contributed by atoms with van der Waals surface area (Å²) in [5.74, 6) is 1.57. The lowest BCUT2D eigenvalue weighted by Crippen LogP contribution is -2.39. The smallest absolute Gasteiger partial charge is 0.193 e. The summed E-state index contributed by atoms with van der Waals surface area (Å²) < 4.78 is 0. The number of benzene rings is 2. The molecule has 0 amide bonds. The van der Waals surface area contributed by atoms with E-state index in [1.165, 1.54) is 28.6 Å². The highest BCUT2D eigenvalue weighted by Crippen LogP contribution is 2.26. The Kier molecular flexibility index (Phi) is 4.42. The summed E-state index contributed by atoms with van der Waals surface area (Å²) in [7, 11) is 1.86. The Bertz CT molecular complexity index is 833. The first kappa shape index (κ1) is 15.8. The van der Waals surface area contributed by atoms with Gasteiger partial charge in [0.05, 0.1) is 6.54 Å². The van der Waals surface area contributed by atoms with Gasteiger partial charge in [-0.05, 0) is 29.5 Å². The molecule has 3 aromatic rings. The van der Waals surface area contributed by atoms with Crippen molar-refractivity contribution in [3.8, 4) is 0 Å². The van der Waals surface area contributed by atoms with Gasteiger partial charge in [0.25, 0.3) is 0 Å². The van der Waals surface area contributed by atoms with E-state index in [4.69, 9.17) is 0 Å². The molecule has 1 fully saturated rings. The highest BCUT2D eigenvalue weighted by Gasteiger charge is 2.25. The molecule has 1 aliphatic rings. The zero-order chi connectivity index (χ0) is 17.1. The Morgan fingerprint density at radius 1 is 1.16 bits per heavy atom. The number of nitrogens with one attached hydrogen (secondary N) is 2. The Morgan fingerprint density at radius 3 is 2.76 bits per heavy atom. The number of rotatable bonds is 3. The molecule has 2 heterocycles. The van der Waals surface area contributed by atoms with Crippen molar-refractivity contribution in [1.82, 2.24) is 15.2 Å². The second kappa shape index (κ2) is 7.01. The SMILES string of the molecule is CN=C(NCc1cc2ccccc2[nH]1)N1CCC(c2ccccc2)C1. The van der Waals surface area contributed by atoms with E-state index < -0.39 is 0 Å². The molecule has 25 heavy (non-hydrogen) atoms. The lowest BCUT2D eigenvalue weighted by Gasteiger charge is -2.21. The average Bonchev–Trinajstić information content (AvgIpc) is 3.30. The van der Waals surface area contributed by atoms with Crippen LogP contribution in [-0.2, 0) is 6.54 Å². The molecule has 1 unspecified atom stereocenters. The fourth-order valence-corrected chi connectivity index (χ4v) is 3.69. The van der Waals surface area contributed by atoms with Crippen LogP contribution in [0, 0.1) is 0 Å². The molecule has 4 heteroatoms. The van der Waals surface area contributed by atoms with Gasteiger partial charge in [-0.25, -0.2) is 0 Å². The molecule has 1 aliphatic heterocycles. The van der Waals surface area contributed by atoms with E-state index in [2.05, 4.69) is 80.9 Å². The second-order valence-electron chi connectivity index (χ2n) is 6.62. The zero-order valence-electron chi connectivity index (χ0n) is 14.6. The third-order valence-electron chi connectivity index (χ3n) is 4.99. The van der Waals surface area contributed by atoms with Gasteiger partial charge in [0.1, 0.15) is 0 Å². The predicted octanol–water partition coefficient (Wildman–Crippen LogP) is 3.73. The van der Waals surface area contributed by atoms with E-state index in [0.29, 0.717) is 5.92 Å². The highest BCUT2D eigenvalue weighted by atomic mass is 15.3. The summed E-state index contributed by atoms with van der Waals surface area (Å²) in [4.78, 5) is 10.3. The molecular formula is C21H24N4. The van der Waals surface area contributed by atoms with E-state index in [1.54, 1.807) is 0 Å². The number of hydrogen-bond donors (Lipinski definition) is 2. The summed E-state index contributed by atoms with van der Waals surface area (Å²) >= 11 is 0. The zero-order valence-corrected chi connectivity index (χ0v) is 14.6.